The normalized spacial score (nSPS) is 16.7. The average molecular weight is 379 g/mol. The Balaban J connectivity index is 1.38. The Kier molecular flexibility index (Phi) is 4.86. The van der Waals surface area contributed by atoms with Gasteiger partial charge in [-0.1, -0.05) is 24.3 Å². The van der Waals surface area contributed by atoms with Crippen LogP contribution in [0.2, 0.25) is 0 Å². The number of amides is 2. The Morgan fingerprint density at radius 1 is 1.25 bits per heavy atom. The fourth-order valence-corrected chi connectivity index (χ4v) is 3.85. The maximum absolute atomic E-state index is 13.0. The number of carbonyl (C=O) groups is 2. The van der Waals surface area contributed by atoms with E-state index < -0.39 is 6.04 Å². The number of halogens is 1. The summed E-state index contributed by atoms with van der Waals surface area (Å²) in [6.07, 6.45) is 2.67. The van der Waals surface area contributed by atoms with Crippen LogP contribution in [0.1, 0.15) is 23.1 Å². The van der Waals surface area contributed by atoms with Crippen LogP contribution in [0.5, 0.6) is 0 Å². The summed E-state index contributed by atoms with van der Waals surface area (Å²) in [5, 5.41) is 3.94. The Hall–Kier alpha value is -3.15. The molecule has 1 saturated heterocycles. The van der Waals surface area contributed by atoms with Gasteiger partial charge >= 0.3 is 0 Å². The summed E-state index contributed by atoms with van der Waals surface area (Å²) in [7, 11) is 0. The highest BCUT2D eigenvalue weighted by Crippen LogP contribution is 2.23. The Morgan fingerprint density at radius 3 is 2.82 bits per heavy atom. The molecule has 144 valence electrons. The van der Waals surface area contributed by atoms with E-state index >= 15 is 0 Å². The number of nitrogens with one attached hydrogen (secondary N) is 2. The highest BCUT2D eigenvalue weighted by atomic mass is 19.1. The zero-order valence-corrected chi connectivity index (χ0v) is 15.7. The number of rotatable bonds is 5. The van der Waals surface area contributed by atoms with Crippen molar-refractivity contribution in [2.24, 2.45) is 0 Å². The van der Waals surface area contributed by atoms with Gasteiger partial charge in [0.1, 0.15) is 11.9 Å². The number of aromatic nitrogens is 1. The molecule has 0 saturated carbocycles. The van der Waals surface area contributed by atoms with E-state index in [-0.39, 0.29) is 24.1 Å². The van der Waals surface area contributed by atoms with E-state index in [0.29, 0.717) is 19.5 Å². The largest absolute Gasteiger partial charge is 0.361 e. The van der Waals surface area contributed by atoms with Crippen LogP contribution in [0.3, 0.4) is 0 Å². The van der Waals surface area contributed by atoms with E-state index in [0.717, 1.165) is 27.6 Å². The van der Waals surface area contributed by atoms with Gasteiger partial charge in [-0.15, -0.1) is 0 Å². The fourth-order valence-electron chi connectivity index (χ4n) is 3.85. The number of likely N-dealkylation sites (tertiary alicyclic amines) is 1. The molecule has 1 fully saturated rings. The Labute approximate surface area is 162 Å². The minimum absolute atomic E-state index is 0.0900. The number of benzene rings is 2. The van der Waals surface area contributed by atoms with E-state index in [1.54, 1.807) is 17.0 Å². The number of carbonyl (C=O) groups excluding carboxylic acids is 2. The molecule has 3 aromatic rings. The van der Waals surface area contributed by atoms with Gasteiger partial charge in [-0.3, -0.25) is 9.59 Å². The summed E-state index contributed by atoms with van der Waals surface area (Å²) >= 11 is 0. The molecule has 2 amide bonds. The van der Waals surface area contributed by atoms with Crippen molar-refractivity contribution in [1.82, 2.24) is 15.2 Å². The molecule has 1 aliphatic heterocycles. The second-order valence-corrected chi connectivity index (χ2v) is 7.28. The smallest absolute Gasteiger partial charge is 0.245 e. The van der Waals surface area contributed by atoms with Gasteiger partial charge < -0.3 is 15.2 Å². The Bertz CT molecular complexity index is 1030. The van der Waals surface area contributed by atoms with Crippen molar-refractivity contribution in [3.8, 4) is 0 Å². The molecule has 2 aromatic carbocycles. The molecule has 4 rings (SSSR count). The monoisotopic (exact) mass is 379 g/mol. The SMILES string of the molecule is Cc1cccc2[nH]cc(CC(=O)NC3CCN(Cc4ccc(F)cc4)C3=O)c12. The van der Waals surface area contributed by atoms with Crippen molar-refractivity contribution in [3.05, 3.63) is 71.2 Å². The molecule has 0 spiro atoms. The summed E-state index contributed by atoms with van der Waals surface area (Å²) in [6, 6.07) is 11.6. The van der Waals surface area contributed by atoms with Gasteiger partial charge in [0.25, 0.3) is 0 Å². The minimum Gasteiger partial charge on any atom is -0.361 e. The third-order valence-electron chi connectivity index (χ3n) is 5.27. The summed E-state index contributed by atoms with van der Waals surface area (Å²) in [5.74, 6) is -0.548. The van der Waals surface area contributed by atoms with Gasteiger partial charge in [0.2, 0.25) is 11.8 Å². The quantitative estimate of drug-likeness (QED) is 0.716. The molecule has 1 aromatic heterocycles. The van der Waals surface area contributed by atoms with Gasteiger partial charge in [-0.25, -0.2) is 4.39 Å². The first-order valence-electron chi connectivity index (χ1n) is 9.39. The van der Waals surface area contributed by atoms with Gasteiger partial charge in [0.15, 0.2) is 0 Å². The van der Waals surface area contributed by atoms with E-state index in [4.69, 9.17) is 0 Å². The molecule has 0 bridgehead atoms. The molecule has 1 atom stereocenters. The lowest BCUT2D eigenvalue weighted by atomic mass is 10.0. The van der Waals surface area contributed by atoms with Gasteiger partial charge in [-0.2, -0.15) is 0 Å². The maximum Gasteiger partial charge on any atom is 0.245 e. The number of aromatic amines is 1. The molecule has 1 unspecified atom stereocenters. The van der Waals surface area contributed by atoms with Gasteiger partial charge in [0, 0.05) is 30.2 Å². The topological polar surface area (TPSA) is 65.2 Å². The number of H-pyrrole nitrogens is 1. The van der Waals surface area contributed by atoms with Gasteiger partial charge in [0.05, 0.1) is 6.42 Å². The summed E-state index contributed by atoms with van der Waals surface area (Å²) in [5.41, 5.74) is 3.92. The molecule has 2 N–H and O–H groups in total. The lowest BCUT2D eigenvalue weighted by Crippen LogP contribution is -2.41. The molecule has 1 aliphatic rings. The first-order valence-corrected chi connectivity index (χ1v) is 9.39. The van der Waals surface area contributed by atoms with Crippen LogP contribution >= 0.6 is 0 Å². The highest BCUT2D eigenvalue weighted by Gasteiger charge is 2.32. The zero-order chi connectivity index (χ0) is 19.7. The predicted molar refractivity (Wildman–Crippen MR) is 105 cm³/mol. The van der Waals surface area contributed by atoms with Crippen LogP contribution in [0.15, 0.2) is 48.7 Å². The molecule has 0 aliphatic carbocycles. The first kappa shape index (κ1) is 18.2. The molecule has 0 radical (unpaired) electrons. The minimum atomic E-state index is -0.501. The van der Waals surface area contributed by atoms with Crippen molar-refractivity contribution >= 4 is 22.7 Å². The van der Waals surface area contributed by atoms with E-state index in [1.165, 1.54) is 12.1 Å². The van der Waals surface area contributed by atoms with Crippen LogP contribution in [0.4, 0.5) is 4.39 Å². The number of hydrogen-bond acceptors (Lipinski definition) is 2. The third kappa shape index (κ3) is 3.63. The molecule has 6 heteroatoms. The standard InChI is InChI=1S/C22H22FN3O2/c1-14-3-2-4-18-21(14)16(12-24-18)11-20(27)25-19-9-10-26(22(19)28)13-15-5-7-17(23)8-6-15/h2-8,12,19,24H,9-11,13H2,1H3,(H,25,27). The number of hydrogen-bond donors (Lipinski definition) is 2. The fraction of sp³-hybridized carbons (Fsp3) is 0.273. The molecular formula is C22H22FN3O2. The highest BCUT2D eigenvalue weighted by molar-refractivity contribution is 5.93. The van der Waals surface area contributed by atoms with Crippen LogP contribution in [0.25, 0.3) is 10.9 Å². The summed E-state index contributed by atoms with van der Waals surface area (Å²) < 4.78 is 13.0. The third-order valence-corrected chi connectivity index (χ3v) is 5.27. The molecule has 2 heterocycles. The number of fused-ring (bicyclic) bond motifs is 1. The van der Waals surface area contributed by atoms with Crippen molar-refractivity contribution in [2.45, 2.75) is 32.4 Å². The maximum atomic E-state index is 13.0. The van der Waals surface area contributed by atoms with E-state index in [1.807, 2.05) is 31.3 Å². The zero-order valence-electron chi connectivity index (χ0n) is 15.7. The van der Waals surface area contributed by atoms with E-state index in [9.17, 15) is 14.0 Å². The van der Waals surface area contributed by atoms with Crippen LogP contribution in [0, 0.1) is 12.7 Å². The number of aryl methyl sites for hydroxylation is 1. The van der Waals surface area contributed by atoms with Crippen LogP contribution in [-0.4, -0.2) is 34.3 Å². The van der Waals surface area contributed by atoms with Crippen molar-refractivity contribution in [3.63, 3.8) is 0 Å². The van der Waals surface area contributed by atoms with Gasteiger partial charge in [-0.05, 0) is 48.2 Å². The second kappa shape index (κ2) is 7.46. The molecule has 5 nitrogen and oxygen atoms in total. The summed E-state index contributed by atoms with van der Waals surface area (Å²) in [6.45, 7) is 3.02. The average Bonchev–Trinajstić information content (AvgIpc) is 3.23. The summed E-state index contributed by atoms with van der Waals surface area (Å²) in [4.78, 5) is 30.0. The van der Waals surface area contributed by atoms with Crippen molar-refractivity contribution in [2.75, 3.05) is 6.54 Å². The van der Waals surface area contributed by atoms with Crippen LogP contribution < -0.4 is 5.32 Å². The first-order chi connectivity index (χ1) is 13.5. The molecule has 28 heavy (non-hydrogen) atoms. The lowest BCUT2D eigenvalue weighted by molar-refractivity contribution is -0.132. The van der Waals surface area contributed by atoms with Crippen LogP contribution in [-0.2, 0) is 22.6 Å². The van der Waals surface area contributed by atoms with E-state index in [2.05, 4.69) is 10.3 Å². The second-order valence-electron chi connectivity index (χ2n) is 7.28. The number of nitrogens with zero attached hydrogens (tertiary/aromatic N) is 1. The Morgan fingerprint density at radius 2 is 2.04 bits per heavy atom. The lowest BCUT2D eigenvalue weighted by Gasteiger charge is -2.17. The predicted octanol–water partition coefficient (Wildman–Crippen LogP) is 3.08. The van der Waals surface area contributed by atoms with Crippen molar-refractivity contribution < 1.29 is 14.0 Å². The van der Waals surface area contributed by atoms with Crippen molar-refractivity contribution in [1.29, 1.82) is 0 Å². The molecular weight excluding hydrogens is 357 g/mol.